The van der Waals surface area contributed by atoms with E-state index in [1.165, 1.54) is 0 Å². The Hall–Kier alpha value is -3.53. The molecular formula is C20H24N8O2. The second-order valence-corrected chi connectivity index (χ2v) is 7.31. The number of nitrogens with two attached hydrogens (primary N) is 1. The molecule has 10 nitrogen and oxygen atoms in total. The molecule has 0 bridgehead atoms. The lowest BCUT2D eigenvalue weighted by Crippen LogP contribution is -2.14. The Morgan fingerprint density at radius 3 is 2.73 bits per heavy atom. The quantitative estimate of drug-likeness (QED) is 0.445. The molecule has 4 aromatic heterocycles. The van der Waals surface area contributed by atoms with Gasteiger partial charge < -0.3 is 15.4 Å². The first-order chi connectivity index (χ1) is 14.4. The summed E-state index contributed by atoms with van der Waals surface area (Å²) in [6, 6.07) is 3.62. The first-order valence-corrected chi connectivity index (χ1v) is 9.71. The Kier molecular flexibility index (Phi) is 5.08. The molecule has 0 saturated heterocycles. The largest absolute Gasteiger partial charge is 0.396 e. The van der Waals surface area contributed by atoms with E-state index in [0.717, 1.165) is 34.4 Å². The molecule has 0 atom stereocenters. The highest BCUT2D eigenvalue weighted by Gasteiger charge is 2.20. The maximum absolute atomic E-state index is 11.8. The summed E-state index contributed by atoms with van der Waals surface area (Å²) in [6.07, 6.45) is 5.16. The minimum absolute atomic E-state index is 0.159. The topological polar surface area (TPSA) is 130 Å². The monoisotopic (exact) mass is 408 g/mol. The molecule has 10 heteroatoms. The summed E-state index contributed by atoms with van der Waals surface area (Å²) < 4.78 is 5.45. The van der Waals surface area contributed by atoms with Gasteiger partial charge in [-0.1, -0.05) is 0 Å². The first kappa shape index (κ1) is 19.8. The van der Waals surface area contributed by atoms with Gasteiger partial charge in [0.2, 0.25) is 0 Å². The highest BCUT2D eigenvalue weighted by Crippen LogP contribution is 2.29. The van der Waals surface area contributed by atoms with Crippen molar-refractivity contribution in [2.24, 2.45) is 19.8 Å². The molecule has 4 heterocycles. The Bertz CT molecular complexity index is 1230. The van der Waals surface area contributed by atoms with Crippen molar-refractivity contribution < 1.29 is 9.90 Å². The van der Waals surface area contributed by atoms with Crippen LogP contribution in [0.4, 0.5) is 0 Å². The number of hydrogen-bond donors (Lipinski definition) is 2. The van der Waals surface area contributed by atoms with Crippen LogP contribution >= 0.6 is 0 Å². The molecule has 0 spiro atoms. The predicted molar refractivity (Wildman–Crippen MR) is 112 cm³/mol. The second kappa shape index (κ2) is 7.71. The molecule has 1 amide bonds. The van der Waals surface area contributed by atoms with Gasteiger partial charge >= 0.3 is 0 Å². The van der Waals surface area contributed by atoms with Gasteiger partial charge in [-0.3, -0.25) is 14.2 Å². The highest BCUT2D eigenvalue weighted by molar-refractivity contribution is 5.99. The number of amides is 1. The van der Waals surface area contributed by atoms with Crippen molar-refractivity contribution in [1.29, 1.82) is 0 Å². The minimum atomic E-state index is -0.605. The lowest BCUT2D eigenvalue weighted by atomic mass is 10.2. The van der Waals surface area contributed by atoms with E-state index in [0.29, 0.717) is 24.5 Å². The second-order valence-electron chi connectivity index (χ2n) is 7.31. The van der Waals surface area contributed by atoms with E-state index in [4.69, 9.17) is 15.8 Å². The summed E-state index contributed by atoms with van der Waals surface area (Å²) in [4.78, 5) is 21.1. The van der Waals surface area contributed by atoms with Gasteiger partial charge in [-0.15, -0.1) is 0 Å². The van der Waals surface area contributed by atoms with Crippen molar-refractivity contribution >= 4 is 16.8 Å². The van der Waals surface area contributed by atoms with Crippen LogP contribution < -0.4 is 5.73 Å². The molecule has 30 heavy (non-hydrogen) atoms. The summed E-state index contributed by atoms with van der Waals surface area (Å²) >= 11 is 0. The molecule has 3 N–H and O–H groups in total. The Balaban J connectivity index is 1.82. The number of aryl methyl sites for hydroxylation is 4. The zero-order chi connectivity index (χ0) is 21.4. The maximum Gasteiger partial charge on any atom is 0.267 e. The van der Waals surface area contributed by atoms with Crippen LogP contribution in [-0.2, 0) is 20.6 Å². The Morgan fingerprint density at radius 2 is 2.00 bits per heavy atom. The van der Waals surface area contributed by atoms with E-state index < -0.39 is 5.91 Å². The standard InChI is InChI=1S/C20H24N8O2/c1-12-8-17(28(25-12)6-4-5-7-29)15-11-26(2)20(24-15)18-13-10-22-27(3)16(13)9-14(23-18)19(21)30/h8-11,29H,4-7H2,1-3H3,(H2,21,30). The van der Waals surface area contributed by atoms with Crippen LogP contribution in [0.3, 0.4) is 0 Å². The van der Waals surface area contributed by atoms with Crippen LogP contribution in [0.1, 0.15) is 29.0 Å². The van der Waals surface area contributed by atoms with Crippen LogP contribution in [0.15, 0.2) is 24.5 Å². The lowest BCUT2D eigenvalue weighted by molar-refractivity contribution is 0.0996. The number of nitrogens with zero attached hydrogens (tertiary/aromatic N) is 7. The fraction of sp³-hybridized carbons (Fsp3) is 0.350. The number of aromatic nitrogens is 7. The number of unbranched alkanes of at least 4 members (excludes halogenated alkanes) is 1. The lowest BCUT2D eigenvalue weighted by Gasteiger charge is -2.06. The fourth-order valence-electron chi connectivity index (χ4n) is 3.55. The van der Waals surface area contributed by atoms with Crippen molar-refractivity contribution in [3.05, 3.63) is 35.9 Å². The van der Waals surface area contributed by atoms with Gasteiger partial charge in [-0.05, 0) is 31.9 Å². The van der Waals surface area contributed by atoms with E-state index in [1.54, 1.807) is 24.0 Å². The number of imidazole rings is 1. The first-order valence-electron chi connectivity index (χ1n) is 9.71. The third kappa shape index (κ3) is 3.45. The number of fused-ring (bicyclic) bond motifs is 1. The van der Waals surface area contributed by atoms with E-state index in [2.05, 4.69) is 15.2 Å². The number of aliphatic hydroxyl groups is 1. The van der Waals surface area contributed by atoms with Gasteiger partial charge in [0.1, 0.15) is 17.1 Å². The molecule has 0 aliphatic rings. The van der Waals surface area contributed by atoms with E-state index in [-0.39, 0.29) is 12.3 Å². The van der Waals surface area contributed by atoms with Crippen LogP contribution in [0.25, 0.3) is 33.8 Å². The van der Waals surface area contributed by atoms with Crippen molar-refractivity contribution in [3.8, 4) is 22.9 Å². The molecule has 4 rings (SSSR count). The summed E-state index contributed by atoms with van der Waals surface area (Å²) in [5, 5.41) is 18.7. The van der Waals surface area contributed by atoms with Gasteiger partial charge in [-0.25, -0.2) is 9.97 Å². The number of carbonyl (C=O) groups is 1. The van der Waals surface area contributed by atoms with Gasteiger partial charge in [0.25, 0.3) is 5.91 Å². The van der Waals surface area contributed by atoms with Crippen molar-refractivity contribution in [3.63, 3.8) is 0 Å². The Labute approximate surface area is 173 Å². The molecule has 0 saturated carbocycles. The van der Waals surface area contributed by atoms with Crippen molar-refractivity contribution in [2.75, 3.05) is 6.61 Å². The predicted octanol–water partition coefficient (Wildman–Crippen LogP) is 1.41. The number of aliphatic hydroxyl groups excluding tert-OH is 1. The third-order valence-corrected chi connectivity index (χ3v) is 5.03. The van der Waals surface area contributed by atoms with Gasteiger partial charge in [0.15, 0.2) is 5.82 Å². The zero-order valence-corrected chi connectivity index (χ0v) is 17.2. The zero-order valence-electron chi connectivity index (χ0n) is 17.2. The molecule has 0 fully saturated rings. The van der Waals surface area contributed by atoms with Gasteiger partial charge in [-0.2, -0.15) is 10.2 Å². The summed E-state index contributed by atoms with van der Waals surface area (Å²) in [5.41, 5.74) is 9.49. The van der Waals surface area contributed by atoms with Crippen LogP contribution in [-0.4, -0.2) is 51.7 Å². The molecule has 156 valence electrons. The molecular weight excluding hydrogens is 384 g/mol. The fourth-order valence-corrected chi connectivity index (χ4v) is 3.55. The summed E-state index contributed by atoms with van der Waals surface area (Å²) in [6.45, 7) is 2.79. The smallest absolute Gasteiger partial charge is 0.267 e. The third-order valence-electron chi connectivity index (χ3n) is 5.03. The average Bonchev–Trinajstić information content (AvgIpc) is 3.38. The highest BCUT2D eigenvalue weighted by atomic mass is 16.3. The van der Waals surface area contributed by atoms with Crippen LogP contribution in [0.2, 0.25) is 0 Å². The number of primary amides is 1. The van der Waals surface area contributed by atoms with E-state index in [9.17, 15) is 4.79 Å². The van der Waals surface area contributed by atoms with Gasteiger partial charge in [0.05, 0.1) is 23.1 Å². The van der Waals surface area contributed by atoms with Crippen molar-refractivity contribution in [2.45, 2.75) is 26.3 Å². The Morgan fingerprint density at radius 1 is 1.20 bits per heavy atom. The van der Waals surface area contributed by atoms with Crippen LogP contribution in [0.5, 0.6) is 0 Å². The molecule has 0 unspecified atom stereocenters. The summed E-state index contributed by atoms with van der Waals surface area (Å²) in [5.74, 6) is -0.00164. The average molecular weight is 408 g/mol. The molecule has 0 aliphatic heterocycles. The minimum Gasteiger partial charge on any atom is -0.396 e. The molecule has 0 radical (unpaired) electrons. The maximum atomic E-state index is 11.8. The number of hydrogen-bond acceptors (Lipinski definition) is 6. The number of rotatable bonds is 7. The normalized spacial score (nSPS) is 11.5. The molecule has 4 aromatic rings. The SMILES string of the molecule is Cc1cc(-c2cn(C)c(-c3nc(C(N)=O)cc4c3cnn4C)n2)n(CCCCO)n1. The summed E-state index contributed by atoms with van der Waals surface area (Å²) in [7, 11) is 3.68. The van der Waals surface area contributed by atoms with E-state index in [1.807, 2.05) is 35.5 Å². The molecule has 0 aliphatic carbocycles. The number of carbonyl (C=O) groups excluding carboxylic acids is 1. The van der Waals surface area contributed by atoms with E-state index >= 15 is 0 Å². The van der Waals surface area contributed by atoms with Crippen molar-refractivity contribution in [1.82, 2.24) is 34.1 Å². The number of pyridine rings is 1. The van der Waals surface area contributed by atoms with Crippen LogP contribution in [0, 0.1) is 6.92 Å². The van der Waals surface area contributed by atoms with Gasteiger partial charge in [0, 0.05) is 38.8 Å². The molecule has 0 aromatic carbocycles.